The number of hydrogen-bond acceptors (Lipinski definition) is 14. The lowest BCUT2D eigenvalue weighted by molar-refractivity contribution is 0.0370. The van der Waals surface area contributed by atoms with Crippen molar-refractivity contribution in [3.63, 3.8) is 0 Å². The van der Waals surface area contributed by atoms with Gasteiger partial charge in [-0.25, -0.2) is 35.9 Å². The van der Waals surface area contributed by atoms with E-state index >= 15 is 0 Å². The van der Waals surface area contributed by atoms with Gasteiger partial charge in [-0.15, -0.1) is 11.8 Å². The molecule has 0 aliphatic carbocycles. The number of thiazole rings is 1. The van der Waals surface area contributed by atoms with Crippen LogP contribution in [-0.4, -0.2) is 99.4 Å². The fourth-order valence-corrected chi connectivity index (χ4v) is 11.6. The molecular weight excluding hydrogens is 959 g/mol. The van der Waals surface area contributed by atoms with E-state index in [1.165, 1.54) is 42.1 Å². The first-order chi connectivity index (χ1) is 31.5. The highest BCUT2D eigenvalue weighted by molar-refractivity contribution is 7.99. The van der Waals surface area contributed by atoms with Crippen molar-refractivity contribution in [3.8, 4) is 0 Å². The van der Waals surface area contributed by atoms with Crippen LogP contribution in [0.3, 0.4) is 0 Å². The summed E-state index contributed by atoms with van der Waals surface area (Å²) < 4.78 is 100. The number of carbonyl (C=O) groups excluding carboxylic acids is 2. The molecule has 2 amide bonds. The predicted molar refractivity (Wildman–Crippen MR) is 248 cm³/mol. The average Bonchev–Trinajstić information content (AvgIpc) is 3.70. The first-order valence-electron chi connectivity index (χ1n) is 20.5. The van der Waals surface area contributed by atoms with Crippen molar-refractivity contribution in [2.45, 2.75) is 44.8 Å². The molecule has 22 heteroatoms. The number of ether oxygens (including phenoxy) is 1. The normalized spacial score (nSPS) is 15.2. The third-order valence-corrected chi connectivity index (χ3v) is 16.5. The molecule has 346 valence electrons. The van der Waals surface area contributed by atoms with E-state index in [2.05, 4.69) is 25.5 Å². The Balaban J connectivity index is 0.998. The minimum absolute atomic E-state index is 0.197. The minimum Gasteiger partial charge on any atom is -0.380 e. The van der Waals surface area contributed by atoms with E-state index in [4.69, 9.17) is 16.3 Å². The molecule has 0 unspecified atom stereocenters. The lowest BCUT2D eigenvalue weighted by atomic mass is 9.94. The van der Waals surface area contributed by atoms with Gasteiger partial charge in [-0.2, -0.15) is 8.78 Å². The SMILES string of the molecule is O=C(NS(=O)(=O)c1ccc(N[C@H](CCN2CCOCC2)CSc2ccccc2)c(S(=O)(=O)C(F)(F)Cl)c1)c1cccc(N2CCc3cccc(C(=O)Nc4nc5ccc(F)cc5s4)c3C2)n1. The quantitative estimate of drug-likeness (QED) is 0.0638. The zero-order valence-electron chi connectivity index (χ0n) is 34.8. The first-order valence-corrected chi connectivity index (χ1v) is 25.7. The van der Waals surface area contributed by atoms with E-state index in [9.17, 15) is 39.6 Å². The number of aromatic nitrogens is 2. The first kappa shape index (κ1) is 47.2. The standard InChI is InChI=1S/C44H41ClF3N7O7S4/c45-44(47,48)65(58,59)39-25-32(13-15-36(39)49-30(17-18-54-20-22-62-23-21-54)27-63-31-7-2-1-3-8-31)66(60,61)53-42(57)37-10-5-11-40(50-37)55-19-16-28-6-4-9-33(34(28)26-55)41(56)52-43-51-35-14-12-29(46)24-38(35)64-43/h1-15,24-25,30,49H,16-23,26-27H2,(H,53,57)(H,51,52,56)/t30-/m1/s1. The van der Waals surface area contributed by atoms with E-state index in [0.717, 1.165) is 33.9 Å². The third kappa shape index (κ3) is 10.9. The molecule has 2 aromatic heterocycles. The number of rotatable bonds is 16. The molecule has 0 radical (unpaired) electrons. The molecule has 0 bridgehead atoms. The highest BCUT2D eigenvalue weighted by atomic mass is 35.5. The van der Waals surface area contributed by atoms with E-state index < -0.39 is 58.0 Å². The van der Waals surface area contributed by atoms with Crippen LogP contribution in [0, 0.1) is 5.82 Å². The zero-order valence-corrected chi connectivity index (χ0v) is 38.8. The molecule has 2 aliphatic rings. The van der Waals surface area contributed by atoms with E-state index in [1.807, 2.05) is 46.0 Å². The van der Waals surface area contributed by atoms with Crippen molar-refractivity contribution in [2.75, 3.05) is 60.7 Å². The van der Waals surface area contributed by atoms with Crippen LogP contribution in [0.2, 0.25) is 0 Å². The number of sulfonamides is 1. The molecular formula is C44H41ClF3N7O7S4. The summed E-state index contributed by atoms with van der Waals surface area (Å²) in [6.07, 6.45) is 0.968. The molecule has 1 saturated heterocycles. The fraction of sp³-hybridized carbons (Fsp3) is 0.273. The summed E-state index contributed by atoms with van der Waals surface area (Å²) in [4.78, 5) is 39.0. The number of alkyl halides is 3. The van der Waals surface area contributed by atoms with Crippen LogP contribution in [-0.2, 0) is 37.6 Å². The van der Waals surface area contributed by atoms with Crippen LogP contribution >= 0.6 is 34.7 Å². The minimum atomic E-state index is -5.69. The molecule has 4 aromatic carbocycles. The Morgan fingerprint density at radius 1 is 0.894 bits per heavy atom. The number of benzene rings is 4. The number of amides is 2. The van der Waals surface area contributed by atoms with E-state index in [1.54, 1.807) is 18.2 Å². The maximum absolute atomic E-state index is 14.7. The highest BCUT2D eigenvalue weighted by Gasteiger charge is 2.46. The van der Waals surface area contributed by atoms with E-state index in [0.29, 0.717) is 90.5 Å². The van der Waals surface area contributed by atoms with Crippen LogP contribution in [0.1, 0.15) is 38.4 Å². The molecule has 14 nitrogen and oxygen atoms in total. The lowest BCUT2D eigenvalue weighted by Crippen LogP contribution is -2.39. The van der Waals surface area contributed by atoms with Crippen molar-refractivity contribution >= 4 is 93.2 Å². The summed E-state index contributed by atoms with van der Waals surface area (Å²) in [5.74, 6) is -1.35. The Bertz CT molecular complexity index is 2990. The maximum Gasteiger partial charge on any atom is 0.427 e. The Morgan fingerprint density at radius 2 is 1.67 bits per heavy atom. The predicted octanol–water partition coefficient (Wildman–Crippen LogP) is 7.62. The Kier molecular flexibility index (Phi) is 14.2. The van der Waals surface area contributed by atoms with Crippen molar-refractivity contribution in [3.05, 3.63) is 131 Å². The molecule has 2 aliphatic heterocycles. The van der Waals surface area contributed by atoms with Crippen molar-refractivity contribution < 1.29 is 44.3 Å². The van der Waals surface area contributed by atoms with Gasteiger partial charge in [0.05, 0.1) is 38.9 Å². The van der Waals surface area contributed by atoms with Crippen LogP contribution in [0.5, 0.6) is 0 Å². The number of pyridine rings is 1. The summed E-state index contributed by atoms with van der Waals surface area (Å²) in [6.45, 7) is 3.67. The number of halogens is 4. The van der Waals surface area contributed by atoms with Gasteiger partial charge in [0.25, 0.3) is 31.7 Å². The summed E-state index contributed by atoms with van der Waals surface area (Å²) >= 11 is 7.75. The number of fused-ring (bicyclic) bond motifs is 2. The van der Waals surface area contributed by atoms with Gasteiger partial charge in [0, 0.05) is 55.0 Å². The number of morpholine rings is 1. The summed E-state index contributed by atoms with van der Waals surface area (Å²) in [5.41, 5.74) is 1.89. The summed E-state index contributed by atoms with van der Waals surface area (Å²) in [5, 5.41) is 6.17. The number of carbonyl (C=O) groups is 2. The van der Waals surface area contributed by atoms with Gasteiger partial charge in [0.2, 0.25) is 0 Å². The van der Waals surface area contributed by atoms with Gasteiger partial charge in [-0.1, -0.05) is 47.7 Å². The number of nitrogens with zero attached hydrogens (tertiary/aromatic N) is 4. The van der Waals surface area contributed by atoms with Gasteiger partial charge in [0.1, 0.15) is 17.3 Å². The Morgan fingerprint density at radius 3 is 2.44 bits per heavy atom. The van der Waals surface area contributed by atoms with Crippen LogP contribution in [0.4, 0.5) is 29.8 Å². The third-order valence-electron chi connectivity index (χ3n) is 10.9. The smallest absolute Gasteiger partial charge is 0.380 e. The van der Waals surface area contributed by atoms with Crippen molar-refractivity contribution in [2.24, 2.45) is 0 Å². The molecule has 1 fully saturated rings. The molecule has 0 saturated carbocycles. The Labute approximate surface area is 391 Å². The van der Waals surface area contributed by atoms with E-state index in [-0.39, 0.29) is 23.7 Å². The molecule has 8 rings (SSSR count). The van der Waals surface area contributed by atoms with Crippen LogP contribution in [0.25, 0.3) is 10.2 Å². The highest BCUT2D eigenvalue weighted by Crippen LogP contribution is 2.38. The molecule has 6 aromatic rings. The lowest BCUT2D eigenvalue weighted by Gasteiger charge is -2.31. The summed E-state index contributed by atoms with van der Waals surface area (Å²) in [7, 11) is -10.6. The van der Waals surface area contributed by atoms with Gasteiger partial charge >= 0.3 is 4.71 Å². The van der Waals surface area contributed by atoms with Crippen LogP contribution in [0.15, 0.2) is 118 Å². The van der Waals surface area contributed by atoms with Gasteiger partial charge < -0.3 is 15.0 Å². The van der Waals surface area contributed by atoms with Gasteiger partial charge in [-0.3, -0.25) is 19.8 Å². The molecule has 0 spiro atoms. The van der Waals surface area contributed by atoms with Crippen molar-refractivity contribution in [1.29, 1.82) is 0 Å². The number of hydrogen-bond donors (Lipinski definition) is 3. The topological polar surface area (TPSA) is 180 Å². The summed E-state index contributed by atoms with van der Waals surface area (Å²) in [6, 6.07) is 25.4. The molecule has 1 atom stereocenters. The monoisotopic (exact) mass is 999 g/mol. The van der Waals surface area contributed by atoms with Gasteiger partial charge in [0.15, 0.2) is 5.13 Å². The maximum atomic E-state index is 14.7. The average molecular weight is 1000 g/mol. The second-order valence-corrected chi connectivity index (χ2v) is 21.8. The largest absolute Gasteiger partial charge is 0.427 e. The molecule has 3 N–H and O–H groups in total. The van der Waals surface area contributed by atoms with Crippen molar-refractivity contribution in [1.82, 2.24) is 19.6 Å². The number of anilines is 3. The Hall–Kier alpha value is -5.29. The fourth-order valence-electron chi connectivity index (χ4n) is 7.49. The number of nitrogens with one attached hydrogen (secondary N) is 3. The van der Waals surface area contributed by atoms with Gasteiger partial charge in [-0.05, 0) is 102 Å². The second-order valence-electron chi connectivity index (χ2n) is 15.3. The second kappa shape index (κ2) is 19.9. The molecule has 4 heterocycles. The zero-order chi connectivity index (χ0) is 46.6. The van der Waals surface area contributed by atoms with Crippen LogP contribution < -0.4 is 20.3 Å². The molecule has 66 heavy (non-hydrogen) atoms. The number of thioether (sulfide) groups is 1. The number of sulfone groups is 1.